The monoisotopic (exact) mass is 361 g/mol. The van der Waals surface area contributed by atoms with Crippen molar-refractivity contribution >= 4 is 5.91 Å². The van der Waals surface area contributed by atoms with Crippen LogP contribution >= 0.6 is 0 Å². The second-order valence-corrected chi connectivity index (χ2v) is 6.82. The fourth-order valence-electron chi connectivity index (χ4n) is 3.59. The minimum atomic E-state index is -0.232. The first-order valence-corrected chi connectivity index (χ1v) is 9.40. The molecule has 5 heteroatoms. The number of likely N-dealkylation sites (tertiary alicyclic amines) is 1. The molecular formula is C22H23N3O2. The number of carbonyl (C=O) groups excluding carboxylic acids is 1. The van der Waals surface area contributed by atoms with Crippen molar-refractivity contribution in [3.8, 4) is 11.3 Å². The van der Waals surface area contributed by atoms with Crippen LogP contribution < -0.4 is 5.32 Å². The molecule has 5 nitrogen and oxygen atoms in total. The summed E-state index contributed by atoms with van der Waals surface area (Å²) in [6.07, 6.45) is 2.42. The summed E-state index contributed by atoms with van der Waals surface area (Å²) < 4.78 is 5.27. The number of nitrogens with one attached hydrogen (secondary N) is 1. The van der Waals surface area contributed by atoms with E-state index in [1.807, 2.05) is 48.5 Å². The number of nitrogens with zero attached hydrogens (tertiary/aromatic N) is 2. The lowest BCUT2D eigenvalue weighted by Gasteiger charge is -2.28. The van der Waals surface area contributed by atoms with Crippen LogP contribution in [0.5, 0.6) is 0 Å². The highest BCUT2D eigenvalue weighted by molar-refractivity contribution is 5.92. The van der Waals surface area contributed by atoms with Gasteiger partial charge in [0.05, 0.1) is 6.04 Å². The van der Waals surface area contributed by atoms with Gasteiger partial charge in [0.2, 0.25) is 5.76 Å². The smallest absolute Gasteiger partial charge is 0.289 e. The zero-order valence-corrected chi connectivity index (χ0v) is 15.2. The van der Waals surface area contributed by atoms with Crippen molar-refractivity contribution in [1.29, 1.82) is 0 Å². The maximum Gasteiger partial charge on any atom is 0.289 e. The Kier molecular flexibility index (Phi) is 5.30. The van der Waals surface area contributed by atoms with Crippen molar-refractivity contribution in [3.05, 3.63) is 78.1 Å². The fraction of sp³-hybridized carbons (Fsp3) is 0.273. The zero-order valence-electron chi connectivity index (χ0n) is 15.2. The molecule has 0 bridgehead atoms. The van der Waals surface area contributed by atoms with Crippen LogP contribution in [-0.4, -0.2) is 35.6 Å². The molecule has 1 aliphatic rings. The van der Waals surface area contributed by atoms with Crippen molar-refractivity contribution in [3.63, 3.8) is 0 Å². The molecule has 1 unspecified atom stereocenters. The quantitative estimate of drug-likeness (QED) is 0.723. The van der Waals surface area contributed by atoms with E-state index in [4.69, 9.17) is 4.52 Å². The van der Waals surface area contributed by atoms with Crippen molar-refractivity contribution in [2.75, 3.05) is 19.6 Å². The summed E-state index contributed by atoms with van der Waals surface area (Å²) in [5.41, 5.74) is 2.82. The molecule has 1 atom stereocenters. The third kappa shape index (κ3) is 4.09. The lowest BCUT2D eigenvalue weighted by atomic mass is 10.1. The summed E-state index contributed by atoms with van der Waals surface area (Å²) in [5.74, 6) is 0.00639. The largest absolute Gasteiger partial charge is 0.350 e. The summed E-state index contributed by atoms with van der Waals surface area (Å²) in [4.78, 5) is 15.0. The molecule has 2 heterocycles. The second-order valence-electron chi connectivity index (χ2n) is 6.82. The maximum absolute atomic E-state index is 12.6. The van der Waals surface area contributed by atoms with Gasteiger partial charge < -0.3 is 9.84 Å². The minimum absolute atomic E-state index is 0.175. The molecule has 1 N–H and O–H groups in total. The highest BCUT2D eigenvalue weighted by Crippen LogP contribution is 2.25. The molecule has 1 amide bonds. The van der Waals surface area contributed by atoms with Crippen LogP contribution in [0, 0.1) is 0 Å². The van der Waals surface area contributed by atoms with Crippen LogP contribution in [0.2, 0.25) is 0 Å². The van der Waals surface area contributed by atoms with Gasteiger partial charge in [0.1, 0.15) is 5.69 Å². The fourth-order valence-corrected chi connectivity index (χ4v) is 3.59. The summed E-state index contributed by atoms with van der Waals surface area (Å²) in [5, 5.41) is 7.05. The number of benzene rings is 2. The van der Waals surface area contributed by atoms with E-state index in [1.54, 1.807) is 6.07 Å². The molecule has 0 spiro atoms. The second kappa shape index (κ2) is 8.18. The Morgan fingerprint density at radius 2 is 1.70 bits per heavy atom. The number of hydrogen-bond acceptors (Lipinski definition) is 4. The van der Waals surface area contributed by atoms with Crippen LogP contribution in [0.4, 0.5) is 0 Å². The van der Waals surface area contributed by atoms with Gasteiger partial charge in [-0.25, -0.2) is 0 Å². The lowest BCUT2D eigenvalue weighted by molar-refractivity contribution is 0.0901. The van der Waals surface area contributed by atoms with Crippen LogP contribution in [0.15, 0.2) is 71.3 Å². The molecular weight excluding hydrogens is 338 g/mol. The number of carbonyl (C=O) groups is 1. The van der Waals surface area contributed by atoms with Gasteiger partial charge in [0.25, 0.3) is 5.91 Å². The van der Waals surface area contributed by atoms with Crippen LogP contribution in [0.3, 0.4) is 0 Å². The zero-order chi connectivity index (χ0) is 18.5. The summed E-state index contributed by atoms with van der Waals surface area (Å²) in [6, 6.07) is 21.9. The Hall–Kier alpha value is -2.92. The third-order valence-electron chi connectivity index (χ3n) is 5.03. The number of rotatable bonds is 6. The Bertz CT molecular complexity index is 871. The number of amides is 1. The SMILES string of the molecule is O=C(NCC(c1ccccc1)N1CCCC1)c1cc(-c2ccccc2)no1. The van der Waals surface area contributed by atoms with E-state index in [-0.39, 0.29) is 17.7 Å². The van der Waals surface area contributed by atoms with Crippen LogP contribution in [0.1, 0.15) is 35.0 Å². The topological polar surface area (TPSA) is 58.4 Å². The molecule has 3 aromatic rings. The molecule has 2 aromatic carbocycles. The summed E-state index contributed by atoms with van der Waals surface area (Å²) in [6.45, 7) is 2.68. The van der Waals surface area contributed by atoms with E-state index in [9.17, 15) is 4.79 Å². The average molecular weight is 361 g/mol. The van der Waals surface area contributed by atoms with Gasteiger partial charge in [-0.15, -0.1) is 0 Å². The van der Waals surface area contributed by atoms with E-state index in [0.29, 0.717) is 12.2 Å². The Morgan fingerprint density at radius 1 is 1.04 bits per heavy atom. The Balaban J connectivity index is 1.45. The highest BCUT2D eigenvalue weighted by atomic mass is 16.5. The average Bonchev–Trinajstić information content (AvgIpc) is 3.42. The first-order valence-electron chi connectivity index (χ1n) is 9.40. The first-order chi connectivity index (χ1) is 13.3. The maximum atomic E-state index is 12.6. The number of aromatic nitrogens is 1. The predicted octanol–water partition coefficient (Wildman–Crippen LogP) is 3.91. The minimum Gasteiger partial charge on any atom is -0.350 e. The molecule has 4 rings (SSSR count). The van der Waals surface area contributed by atoms with E-state index >= 15 is 0 Å². The predicted molar refractivity (Wildman–Crippen MR) is 104 cm³/mol. The molecule has 138 valence electrons. The standard InChI is InChI=1S/C22H23N3O2/c26-22(21-15-19(24-27-21)17-9-3-1-4-10-17)23-16-20(25-13-7-8-14-25)18-11-5-2-6-12-18/h1-6,9-12,15,20H,7-8,13-14,16H2,(H,23,26). The molecule has 27 heavy (non-hydrogen) atoms. The van der Waals surface area contributed by atoms with Gasteiger partial charge in [0, 0.05) is 18.2 Å². The van der Waals surface area contributed by atoms with Crippen LogP contribution in [-0.2, 0) is 0 Å². The van der Waals surface area contributed by atoms with Crippen molar-refractivity contribution < 1.29 is 9.32 Å². The van der Waals surface area contributed by atoms with Crippen molar-refractivity contribution in [2.45, 2.75) is 18.9 Å². The van der Waals surface area contributed by atoms with E-state index in [2.05, 4.69) is 27.5 Å². The van der Waals surface area contributed by atoms with E-state index in [0.717, 1.165) is 18.7 Å². The van der Waals surface area contributed by atoms with Gasteiger partial charge in [-0.05, 0) is 31.5 Å². The van der Waals surface area contributed by atoms with Crippen molar-refractivity contribution in [1.82, 2.24) is 15.4 Å². The van der Waals surface area contributed by atoms with Crippen molar-refractivity contribution in [2.24, 2.45) is 0 Å². The van der Waals surface area contributed by atoms with Gasteiger partial charge >= 0.3 is 0 Å². The van der Waals surface area contributed by atoms with Gasteiger partial charge in [-0.1, -0.05) is 65.8 Å². The van der Waals surface area contributed by atoms with Gasteiger partial charge in [0.15, 0.2) is 0 Å². The molecule has 1 aliphatic heterocycles. The normalized spacial score (nSPS) is 15.6. The lowest BCUT2D eigenvalue weighted by Crippen LogP contribution is -2.36. The third-order valence-corrected chi connectivity index (χ3v) is 5.03. The summed E-state index contributed by atoms with van der Waals surface area (Å²) in [7, 11) is 0. The first kappa shape index (κ1) is 17.5. The van der Waals surface area contributed by atoms with E-state index in [1.165, 1.54) is 18.4 Å². The summed E-state index contributed by atoms with van der Waals surface area (Å²) >= 11 is 0. The van der Waals surface area contributed by atoms with Gasteiger partial charge in [-0.3, -0.25) is 9.69 Å². The van der Waals surface area contributed by atoms with Crippen LogP contribution in [0.25, 0.3) is 11.3 Å². The molecule has 1 saturated heterocycles. The molecule has 1 fully saturated rings. The van der Waals surface area contributed by atoms with Gasteiger partial charge in [-0.2, -0.15) is 0 Å². The molecule has 0 saturated carbocycles. The molecule has 1 aromatic heterocycles. The molecule has 0 aliphatic carbocycles. The number of hydrogen-bond donors (Lipinski definition) is 1. The highest BCUT2D eigenvalue weighted by Gasteiger charge is 2.24. The van der Waals surface area contributed by atoms with E-state index < -0.39 is 0 Å². The molecule has 0 radical (unpaired) electrons. The Morgan fingerprint density at radius 3 is 2.41 bits per heavy atom. The Labute approximate surface area is 159 Å².